The summed E-state index contributed by atoms with van der Waals surface area (Å²) >= 11 is 1.81. The van der Waals surface area contributed by atoms with Gasteiger partial charge in [0.2, 0.25) is 0 Å². The molecule has 0 aliphatic rings. The van der Waals surface area contributed by atoms with Gasteiger partial charge in [-0.05, 0) is 25.0 Å². The minimum Gasteiger partial charge on any atom is -0.322 e. The van der Waals surface area contributed by atoms with Gasteiger partial charge in [-0.2, -0.15) is 16.9 Å². The lowest BCUT2D eigenvalue weighted by molar-refractivity contribution is 0.101. The number of rotatable bonds is 7. The topological polar surface area (TPSA) is 46.9 Å². The van der Waals surface area contributed by atoms with E-state index in [9.17, 15) is 13.6 Å². The van der Waals surface area contributed by atoms with Crippen LogP contribution in [0.15, 0.2) is 30.5 Å². The molecular formula is C18H23F2N3OS. The second kappa shape index (κ2) is 8.47. The van der Waals surface area contributed by atoms with E-state index in [1.807, 2.05) is 30.0 Å². The molecule has 136 valence electrons. The van der Waals surface area contributed by atoms with Crippen LogP contribution in [0.2, 0.25) is 0 Å². The number of carbonyl (C=O) groups excluding carboxylic acids is 1. The maximum atomic E-state index is 13.1. The highest BCUT2D eigenvalue weighted by Gasteiger charge is 2.23. The first-order valence-corrected chi connectivity index (χ1v) is 9.15. The van der Waals surface area contributed by atoms with Gasteiger partial charge in [0.05, 0.1) is 5.56 Å². The van der Waals surface area contributed by atoms with Crippen LogP contribution in [0, 0.1) is 0 Å². The SMILES string of the molecule is CCC(C)SC(C)c1ccccc1NC(=O)c1cn(C)nc1C(F)F. The van der Waals surface area contributed by atoms with Crippen LogP contribution in [0.1, 0.15) is 60.5 Å². The Balaban J connectivity index is 2.25. The lowest BCUT2D eigenvalue weighted by atomic mass is 10.1. The average Bonchev–Trinajstić information content (AvgIpc) is 2.97. The maximum Gasteiger partial charge on any atom is 0.282 e. The van der Waals surface area contributed by atoms with Crippen LogP contribution < -0.4 is 5.32 Å². The van der Waals surface area contributed by atoms with Crippen molar-refractivity contribution in [1.82, 2.24) is 9.78 Å². The standard InChI is InChI=1S/C18H23F2N3OS/c1-5-11(2)25-12(3)13-8-6-7-9-15(13)21-18(24)14-10-23(4)22-16(14)17(19)20/h6-12,17H,5H2,1-4H3,(H,21,24). The third-order valence-corrected chi connectivity index (χ3v) is 5.43. The van der Waals surface area contributed by atoms with Crippen LogP contribution in [0.25, 0.3) is 0 Å². The number of alkyl halides is 2. The van der Waals surface area contributed by atoms with Crippen LogP contribution in [0.5, 0.6) is 0 Å². The third-order valence-electron chi connectivity index (χ3n) is 3.97. The minimum atomic E-state index is -2.79. The van der Waals surface area contributed by atoms with E-state index in [0.29, 0.717) is 10.9 Å². The molecule has 7 heteroatoms. The summed E-state index contributed by atoms with van der Waals surface area (Å²) in [5.41, 5.74) is 1.01. The molecule has 0 saturated heterocycles. The molecule has 2 aromatic rings. The summed E-state index contributed by atoms with van der Waals surface area (Å²) in [6, 6.07) is 7.47. The van der Waals surface area contributed by atoms with Crippen LogP contribution in [-0.2, 0) is 7.05 Å². The second-order valence-corrected chi connectivity index (χ2v) is 7.72. The van der Waals surface area contributed by atoms with Gasteiger partial charge in [-0.1, -0.05) is 32.0 Å². The fourth-order valence-electron chi connectivity index (χ4n) is 2.51. The normalized spacial score (nSPS) is 13.7. The predicted octanol–water partition coefficient (Wildman–Crippen LogP) is 5.20. The van der Waals surface area contributed by atoms with E-state index in [1.165, 1.54) is 17.9 Å². The number of para-hydroxylation sites is 1. The zero-order chi connectivity index (χ0) is 18.6. The number of amides is 1. The highest BCUT2D eigenvalue weighted by atomic mass is 32.2. The number of nitrogens with one attached hydrogen (secondary N) is 1. The molecule has 1 N–H and O–H groups in total. The third kappa shape index (κ3) is 4.81. The van der Waals surface area contributed by atoms with Gasteiger partial charge in [-0.3, -0.25) is 9.48 Å². The highest BCUT2D eigenvalue weighted by Crippen LogP contribution is 2.36. The van der Waals surface area contributed by atoms with Crippen molar-refractivity contribution in [2.75, 3.05) is 5.32 Å². The molecule has 0 aliphatic carbocycles. The van der Waals surface area contributed by atoms with Gasteiger partial charge in [0.15, 0.2) is 0 Å². The summed E-state index contributed by atoms with van der Waals surface area (Å²) in [5.74, 6) is -0.573. The van der Waals surface area contributed by atoms with Crippen molar-refractivity contribution in [2.24, 2.45) is 7.05 Å². The number of thioether (sulfide) groups is 1. The van der Waals surface area contributed by atoms with Crippen molar-refractivity contribution in [3.8, 4) is 0 Å². The second-order valence-electron chi connectivity index (χ2n) is 5.94. The Morgan fingerprint density at radius 3 is 2.64 bits per heavy atom. The molecule has 0 radical (unpaired) electrons. The summed E-state index contributed by atoms with van der Waals surface area (Å²) in [7, 11) is 1.52. The molecule has 1 heterocycles. The molecule has 0 bridgehead atoms. The van der Waals surface area contributed by atoms with Gasteiger partial charge in [-0.15, -0.1) is 0 Å². The number of nitrogens with zero attached hydrogens (tertiary/aromatic N) is 2. The van der Waals surface area contributed by atoms with Crippen molar-refractivity contribution < 1.29 is 13.6 Å². The van der Waals surface area contributed by atoms with Gasteiger partial charge < -0.3 is 5.32 Å². The van der Waals surface area contributed by atoms with E-state index in [-0.39, 0.29) is 10.8 Å². The molecule has 1 aromatic heterocycles. The highest BCUT2D eigenvalue weighted by molar-refractivity contribution is 8.00. The quantitative estimate of drug-likeness (QED) is 0.731. The summed E-state index contributed by atoms with van der Waals surface area (Å²) in [6.07, 6.45) is -0.426. The number of benzene rings is 1. The zero-order valence-corrected chi connectivity index (χ0v) is 15.6. The number of hydrogen-bond acceptors (Lipinski definition) is 3. The molecule has 0 aliphatic heterocycles. The van der Waals surface area contributed by atoms with E-state index < -0.39 is 18.0 Å². The van der Waals surface area contributed by atoms with E-state index in [0.717, 1.165) is 12.0 Å². The Labute approximate surface area is 151 Å². The molecule has 0 fully saturated rings. The minimum absolute atomic E-state index is 0.102. The van der Waals surface area contributed by atoms with E-state index in [1.54, 1.807) is 6.07 Å². The maximum absolute atomic E-state index is 13.1. The first-order chi connectivity index (χ1) is 11.8. The average molecular weight is 367 g/mol. The van der Waals surface area contributed by atoms with Crippen molar-refractivity contribution in [1.29, 1.82) is 0 Å². The fourth-order valence-corrected chi connectivity index (χ4v) is 3.76. The first-order valence-electron chi connectivity index (χ1n) is 8.20. The largest absolute Gasteiger partial charge is 0.322 e. The number of hydrogen-bond donors (Lipinski definition) is 1. The van der Waals surface area contributed by atoms with Crippen LogP contribution in [0.3, 0.4) is 0 Å². The lowest BCUT2D eigenvalue weighted by Gasteiger charge is -2.19. The van der Waals surface area contributed by atoms with E-state index >= 15 is 0 Å². The number of halogens is 2. The van der Waals surface area contributed by atoms with Gasteiger partial charge in [-0.25, -0.2) is 8.78 Å². The lowest BCUT2D eigenvalue weighted by Crippen LogP contribution is -2.15. The fraction of sp³-hybridized carbons (Fsp3) is 0.444. The van der Waals surface area contributed by atoms with Gasteiger partial charge in [0, 0.05) is 29.4 Å². The molecule has 1 amide bonds. The summed E-state index contributed by atoms with van der Waals surface area (Å²) in [5, 5.41) is 7.12. The van der Waals surface area contributed by atoms with Crippen molar-refractivity contribution >= 4 is 23.4 Å². The van der Waals surface area contributed by atoms with E-state index in [4.69, 9.17) is 0 Å². The zero-order valence-electron chi connectivity index (χ0n) is 14.8. The Bertz CT molecular complexity index is 733. The molecule has 2 unspecified atom stereocenters. The van der Waals surface area contributed by atoms with Crippen molar-refractivity contribution in [2.45, 2.75) is 44.1 Å². The number of carbonyl (C=O) groups is 1. The molecule has 25 heavy (non-hydrogen) atoms. The Morgan fingerprint density at radius 2 is 2.00 bits per heavy atom. The summed E-state index contributed by atoms with van der Waals surface area (Å²) in [4.78, 5) is 12.5. The number of aromatic nitrogens is 2. The smallest absolute Gasteiger partial charge is 0.282 e. The molecule has 1 aromatic carbocycles. The summed E-state index contributed by atoms with van der Waals surface area (Å²) in [6.45, 7) is 6.37. The molecule has 0 saturated carbocycles. The number of anilines is 1. The van der Waals surface area contributed by atoms with Gasteiger partial charge in [0.25, 0.3) is 12.3 Å². The first kappa shape index (κ1) is 19.4. The van der Waals surface area contributed by atoms with Gasteiger partial charge >= 0.3 is 0 Å². The monoisotopic (exact) mass is 367 g/mol. The molecular weight excluding hydrogens is 344 g/mol. The summed E-state index contributed by atoms with van der Waals surface area (Å²) < 4.78 is 27.4. The van der Waals surface area contributed by atoms with Crippen LogP contribution in [0.4, 0.5) is 14.5 Å². The van der Waals surface area contributed by atoms with Gasteiger partial charge in [0.1, 0.15) is 5.69 Å². The molecule has 4 nitrogen and oxygen atoms in total. The molecule has 2 atom stereocenters. The Hall–Kier alpha value is -1.89. The molecule has 0 spiro atoms. The van der Waals surface area contributed by atoms with Crippen molar-refractivity contribution in [3.63, 3.8) is 0 Å². The van der Waals surface area contributed by atoms with E-state index in [2.05, 4.69) is 31.2 Å². The molecule has 2 rings (SSSR count). The van der Waals surface area contributed by atoms with Crippen molar-refractivity contribution in [3.05, 3.63) is 47.3 Å². The Morgan fingerprint density at radius 1 is 1.32 bits per heavy atom. The number of aryl methyl sites for hydroxylation is 1. The predicted molar refractivity (Wildman–Crippen MR) is 98.3 cm³/mol. The van der Waals surface area contributed by atoms with Crippen LogP contribution in [-0.4, -0.2) is 20.9 Å². The van der Waals surface area contributed by atoms with Crippen LogP contribution >= 0.6 is 11.8 Å². The Kier molecular flexibility index (Phi) is 6.58.